The van der Waals surface area contributed by atoms with E-state index in [1.165, 1.54) is 18.9 Å². The number of nitrogens with zero attached hydrogens (tertiary/aromatic N) is 3. The Hall–Kier alpha value is -3.44. The van der Waals surface area contributed by atoms with Gasteiger partial charge in [-0.3, -0.25) is 14.2 Å². The number of methoxy groups -OCH3 is 1. The number of ether oxygens (including phenoxy) is 1. The molecule has 1 aromatic carbocycles. The first-order valence-corrected chi connectivity index (χ1v) is 11.6. The summed E-state index contributed by atoms with van der Waals surface area (Å²) in [5.74, 6) is -1.04. The zero-order valence-corrected chi connectivity index (χ0v) is 20.0. The number of rotatable bonds is 9. The van der Waals surface area contributed by atoms with Crippen molar-refractivity contribution in [2.75, 3.05) is 18.2 Å². The molecule has 172 valence electrons. The highest BCUT2D eigenvalue weighted by atomic mass is 32.2. The number of amides is 2. The fraction of sp³-hybridized carbons (Fsp3) is 0.227. The van der Waals surface area contributed by atoms with Crippen molar-refractivity contribution in [1.82, 2.24) is 14.8 Å². The van der Waals surface area contributed by atoms with Crippen molar-refractivity contribution in [2.24, 2.45) is 5.73 Å². The van der Waals surface area contributed by atoms with Crippen LogP contribution in [0.4, 0.5) is 5.00 Å². The van der Waals surface area contributed by atoms with E-state index in [0.717, 1.165) is 22.5 Å². The molecule has 0 aliphatic carbocycles. The number of esters is 1. The van der Waals surface area contributed by atoms with Gasteiger partial charge in [0.2, 0.25) is 5.91 Å². The molecule has 9 nitrogen and oxygen atoms in total. The number of primary amides is 1. The lowest BCUT2D eigenvalue weighted by Crippen LogP contribution is -2.16. The average Bonchev–Trinajstić information content (AvgIpc) is 3.32. The molecule has 0 aliphatic rings. The molecular weight excluding hydrogens is 462 g/mol. The minimum atomic E-state index is -0.682. The van der Waals surface area contributed by atoms with E-state index in [9.17, 15) is 14.4 Å². The Labute approximate surface area is 199 Å². The van der Waals surface area contributed by atoms with E-state index in [4.69, 9.17) is 10.5 Å². The third-order valence-corrected chi connectivity index (χ3v) is 6.84. The van der Waals surface area contributed by atoms with Crippen molar-refractivity contribution >= 4 is 45.9 Å². The Morgan fingerprint density at radius 2 is 2.06 bits per heavy atom. The zero-order valence-electron chi connectivity index (χ0n) is 18.4. The summed E-state index contributed by atoms with van der Waals surface area (Å²) in [5, 5.41) is 12.0. The number of benzene rings is 1. The number of hydrogen-bond donors (Lipinski definition) is 2. The van der Waals surface area contributed by atoms with Crippen LogP contribution in [0.2, 0.25) is 0 Å². The molecule has 0 atom stereocenters. The Morgan fingerprint density at radius 1 is 1.30 bits per heavy atom. The number of thiophene rings is 1. The monoisotopic (exact) mass is 485 g/mol. The van der Waals surface area contributed by atoms with E-state index in [2.05, 4.69) is 22.1 Å². The van der Waals surface area contributed by atoms with Gasteiger partial charge in [-0.25, -0.2) is 4.79 Å². The summed E-state index contributed by atoms with van der Waals surface area (Å²) in [6, 6.07) is 7.90. The van der Waals surface area contributed by atoms with Crippen molar-refractivity contribution in [3.05, 3.63) is 58.5 Å². The van der Waals surface area contributed by atoms with Gasteiger partial charge in [-0.15, -0.1) is 28.1 Å². The van der Waals surface area contributed by atoms with Gasteiger partial charge in [0.1, 0.15) is 5.00 Å². The fourth-order valence-electron chi connectivity index (χ4n) is 3.16. The molecule has 2 heterocycles. The van der Waals surface area contributed by atoms with Gasteiger partial charge in [0, 0.05) is 12.1 Å². The lowest BCUT2D eigenvalue weighted by atomic mass is 10.1. The highest BCUT2D eigenvalue weighted by Gasteiger charge is 2.25. The molecule has 0 radical (unpaired) electrons. The number of allylic oxidation sites excluding steroid dienone is 1. The molecule has 3 N–H and O–H groups in total. The summed E-state index contributed by atoms with van der Waals surface area (Å²) in [5.41, 5.74) is 7.88. The van der Waals surface area contributed by atoms with Gasteiger partial charge in [0.15, 0.2) is 11.0 Å². The number of hydrogen-bond acceptors (Lipinski definition) is 8. The second kappa shape index (κ2) is 10.5. The minimum absolute atomic E-state index is 0.00651. The summed E-state index contributed by atoms with van der Waals surface area (Å²) in [4.78, 5) is 36.7. The predicted octanol–water partition coefficient (Wildman–Crippen LogP) is 3.43. The summed E-state index contributed by atoms with van der Waals surface area (Å²) >= 11 is 2.14. The molecule has 0 aliphatic heterocycles. The number of carbonyl (C=O) groups is 3. The van der Waals surface area contributed by atoms with Gasteiger partial charge in [0.05, 0.1) is 23.3 Å². The number of aryl methyl sites for hydroxylation is 1. The first kappa shape index (κ1) is 24.2. The van der Waals surface area contributed by atoms with Crippen molar-refractivity contribution in [3.8, 4) is 11.4 Å². The molecule has 0 saturated heterocycles. The smallest absolute Gasteiger partial charge is 0.341 e. The molecule has 0 saturated carbocycles. The standard InChI is InChI=1S/C22H23N5O4S2/c1-5-9-27-19(14-8-6-7-12(2)10-14)25-26-22(27)32-11-15(28)24-20-16(21(30)31-4)13(3)17(33-20)18(23)29/h5-8,10H,1,9,11H2,2-4H3,(H2,23,29)(H,24,28). The Morgan fingerprint density at radius 3 is 2.70 bits per heavy atom. The third kappa shape index (κ3) is 5.32. The van der Waals surface area contributed by atoms with Gasteiger partial charge >= 0.3 is 5.97 Å². The van der Waals surface area contributed by atoms with Gasteiger partial charge in [-0.05, 0) is 25.5 Å². The van der Waals surface area contributed by atoms with Crippen molar-refractivity contribution in [3.63, 3.8) is 0 Å². The third-order valence-electron chi connectivity index (χ3n) is 4.65. The van der Waals surface area contributed by atoms with Gasteiger partial charge < -0.3 is 15.8 Å². The summed E-state index contributed by atoms with van der Waals surface area (Å²) in [6.45, 7) is 7.84. The van der Waals surface area contributed by atoms with E-state index in [1.54, 1.807) is 13.0 Å². The van der Waals surface area contributed by atoms with Crippen LogP contribution in [0.3, 0.4) is 0 Å². The van der Waals surface area contributed by atoms with Crippen LogP contribution in [-0.2, 0) is 16.1 Å². The quantitative estimate of drug-likeness (QED) is 0.270. The van der Waals surface area contributed by atoms with Crippen molar-refractivity contribution < 1.29 is 19.1 Å². The Kier molecular flexibility index (Phi) is 7.67. The van der Waals surface area contributed by atoms with Crippen molar-refractivity contribution in [2.45, 2.75) is 25.5 Å². The number of anilines is 1. The molecule has 0 fully saturated rings. The van der Waals surface area contributed by atoms with Crippen LogP contribution in [0.5, 0.6) is 0 Å². The lowest BCUT2D eigenvalue weighted by molar-refractivity contribution is -0.113. The highest BCUT2D eigenvalue weighted by molar-refractivity contribution is 7.99. The Bertz CT molecular complexity index is 1230. The van der Waals surface area contributed by atoms with Crippen LogP contribution in [0.15, 0.2) is 42.1 Å². The molecule has 0 unspecified atom stereocenters. The van der Waals surface area contributed by atoms with Gasteiger partial charge in [-0.1, -0.05) is 41.6 Å². The zero-order chi connectivity index (χ0) is 24.1. The van der Waals surface area contributed by atoms with E-state index in [1.807, 2.05) is 35.8 Å². The first-order valence-electron chi connectivity index (χ1n) is 9.82. The van der Waals surface area contributed by atoms with Crippen LogP contribution >= 0.6 is 23.1 Å². The molecule has 2 amide bonds. The maximum Gasteiger partial charge on any atom is 0.341 e. The summed E-state index contributed by atoms with van der Waals surface area (Å²) in [6.07, 6.45) is 1.73. The maximum atomic E-state index is 12.7. The van der Waals surface area contributed by atoms with E-state index in [-0.39, 0.29) is 27.1 Å². The Balaban J connectivity index is 1.79. The normalized spacial score (nSPS) is 10.6. The van der Waals surface area contributed by atoms with E-state index >= 15 is 0 Å². The van der Waals surface area contributed by atoms with Crippen LogP contribution in [0, 0.1) is 13.8 Å². The van der Waals surface area contributed by atoms with Crippen LogP contribution < -0.4 is 11.1 Å². The second-order valence-electron chi connectivity index (χ2n) is 7.03. The SMILES string of the molecule is C=CCn1c(SCC(=O)Nc2sc(C(N)=O)c(C)c2C(=O)OC)nnc1-c1cccc(C)c1. The highest BCUT2D eigenvalue weighted by Crippen LogP contribution is 2.34. The lowest BCUT2D eigenvalue weighted by Gasteiger charge is -2.09. The molecular formula is C22H23N5O4S2. The molecule has 0 spiro atoms. The van der Waals surface area contributed by atoms with Crippen LogP contribution in [0.1, 0.15) is 31.2 Å². The average molecular weight is 486 g/mol. The largest absolute Gasteiger partial charge is 0.465 e. The molecule has 0 bridgehead atoms. The van der Waals surface area contributed by atoms with Gasteiger partial charge in [0.25, 0.3) is 5.91 Å². The fourth-order valence-corrected chi connectivity index (χ4v) is 4.98. The molecule has 33 heavy (non-hydrogen) atoms. The van der Waals surface area contributed by atoms with Crippen LogP contribution in [-0.4, -0.2) is 45.4 Å². The van der Waals surface area contributed by atoms with E-state index < -0.39 is 11.9 Å². The molecule has 2 aromatic heterocycles. The maximum absolute atomic E-state index is 12.7. The number of carbonyl (C=O) groups excluding carboxylic acids is 3. The number of nitrogens with two attached hydrogens (primary N) is 1. The number of nitrogens with one attached hydrogen (secondary N) is 1. The molecule has 3 aromatic rings. The number of aromatic nitrogens is 3. The van der Waals surface area contributed by atoms with Crippen molar-refractivity contribution in [1.29, 1.82) is 0 Å². The van der Waals surface area contributed by atoms with Crippen LogP contribution in [0.25, 0.3) is 11.4 Å². The predicted molar refractivity (Wildman–Crippen MR) is 129 cm³/mol. The molecule has 11 heteroatoms. The minimum Gasteiger partial charge on any atom is -0.465 e. The van der Waals surface area contributed by atoms with E-state index in [0.29, 0.717) is 23.1 Å². The second-order valence-corrected chi connectivity index (χ2v) is 8.99. The van der Waals surface area contributed by atoms with Gasteiger partial charge in [-0.2, -0.15) is 0 Å². The topological polar surface area (TPSA) is 129 Å². The molecule has 3 rings (SSSR count). The first-order chi connectivity index (χ1) is 15.8. The summed E-state index contributed by atoms with van der Waals surface area (Å²) in [7, 11) is 1.23. The summed E-state index contributed by atoms with van der Waals surface area (Å²) < 4.78 is 6.66. The number of thioether (sulfide) groups is 1.